The number of nitrogens with two attached hydrogens (primary N) is 1. The molecule has 2 N–H and O–H groups in total. The summed E-state index contributed by atoms with van der Waals surface area (Å²) < 4.78 is 5.90. The van der Waals surface area contributed by atoms with E-state index in [-0.39, 0.29) is 6.04 Å². The summed E-state index contributed by atoms with van der Waals surface area (Å²) in [5.41, 5.74) is 8.80. The first kappa shape index (κ1) is 15.1. The minimum Gasteiger partial charge on any atom is -0.489 e. The Morgan fingerprint density at radius 1 is 1.19 bits per heavy atom. The van der Waals surface area contributed by atoms with Crippen LogP contribution in [0.4, 0.5) is 0 Å². The number of nitriles is 1. The monoisotopic (exact) mass is 280 g/mol. The zero-order chi connectivity index (χ0) is 15.1. The van der Waals surface area contributed by atoms with Crippen molar-refractivity contribution in [3.63, 3.8) is 0 Å². The quantitative estimate of drug-likeness (QED) is 0.882. The lowest BCUT2D eigenvalue weighted by Crippen LogP contribution is -2.21. The molecule has 1 unspecified atom stereocenters. The molecule has 0 spiro atoms. The average Bonchev–Trinajstić information content (AvgIpc) is 2.54. The van der Waals surface area contributed by atoms with Crippen LogP contribution < -0.4 is 10.5 Å². The first-order chi connectivity index (χ1) is 10.2. The lowest BCUT2D eigenvalue weighted by molar-refractivity contribution is 0.302. The van der Waals surface area contributed by atoms with Gasteiger partial charge in [-0.1, -0.05) is 37.3 Å². The zero-order valence-electron chi connectivity index (χ0n) is 12.3. The van der Waals surface area contributed by atoms with Crippen LogP contribution in [0.1, 0.15) is 30.0 Å². The number of para-hydroxylation sites is 1. The fourth-order valence-electron chi connectivity index (χ4n) is 2.13. The molecule has 0 bridgehead atoms. The van der Waals surface area contributed by atoms with E-state index >= 15 is 0 Å². The van der Waals surface area contributed by atoms with Crippen molar-refractivity contribution < 1.29 is 4.74 Å². The fourth-order valence-corrected chi connectivity index (χ4v) is 2.13. The molecule has 0 heterocycles. The Labute approximate surface area is 126 Å². The van der Waals surface area contributed by atoms with Crippen LogP contribution in [-0.4, -0.2) is 6.04 Å². The molecule has 2 aromatic carbocycles. The highest BCUT2D eigenvalue weighted by atomic mass is 16.5. The largest absolute Gasteiger partial charge is 0.489 e. The van der Waals surface area contributed by atoms with Crippen LogP contribution >= 0.6 is 0 Å². The van der Waals surface area contributed by atoms with Gasteiger partial charge in [0, 0.05) is 6.04 Å². The summed E-state index contributed by atoms with van der Waals surface area (Å²) in [6.07, 6.45) is 1.75. The normalized spacial score (nSPS) is 11.7. The summed E-state index contributed by atoms with van der Waals surface area (Å²) in [6, 6.07) is 17.7. The smallest absolute Gasteiger partial charge is 0.123 e. The number of hydrogen-bond acceptors (Lipinski definition) is 3. The van der Waals surface area contributed by atoms with E-state index < -0.39 is 0 Å². The maximum Gasteiger partial charge on any atom is 0.123 e. The van der Waals surface area contributed by atoms with Crippen LogP contribution in [0, 0.1) is 11.3 Å². The third kappa shape index (κ3) is 4.34. The molecule has 0 amide bonds. The minimum absolute atomic E-state index is 0.150. The van der Waals surface area contributed by atoms with E-state index in [9.17, 15) is 0 Å². The summed E-state index contributed by atoms with van der Waals surface area (Å²) in [7, 11) is 0. The van der Waals surface area contributed by atoms with E-state index in [1.54, 1.807) is 6.07 Å². The second-order valence-electron chi connectivity index (χ2n) is 5.08. The van der Waals surface area contributed by atoms with Crippen LogP contribution in [0.3, 0.4) is 0 Å². The highest BCUT2D eigenvalue weighted by Crippen LogP contribution is 2.21. The fraction of sp³-hybridized carbons (Fsp3) is 0.278. The van der Waals surface area contributed by atoms with Crippen molar-refractivity contribution in [3.05, 3.63) is 65.2 Å². The third-order valence-electron chi connectivity index (χ3n) is 3.43. The molecule has 0 aliphatic rings. The predicted octanol–water partition coefficient (Wildman–Crippen LogP) is 3.42. The molecule has 3 heteroatoms. The number of benzene rings is 2. The summed E-state index contributed by atoms with van der Waals surface area (Å²) in [4.78, 5) is 0. The molecule has 3 nitrogen and oxygen atoms in total. The first-order valence-corrected chi connectivity index (χ1v) is 7.18. The number of hydrogen-bond donors (Lipinski definition) is 1. The lowest BCUT2D eigenvalue weighted by atomic mass is 10.0. The summed E-state index contributed by atoms with van der Waals surface area (Å²) in [5, 5.41) is 8.91. The van der Waals surface area contributed by atoms with E-state index in [2.05, 4.69) is 19.1 Å². The van der Waals surface area contributed by atoms with Gasteiger partial charge < -0.3 is 10.5 Å². The van der Waals surface area contributed by atoms with E-state index in [4.69, 9.17) is 15.7 Å². The predicted molar refractivity (Wildman–Crippen MR) is 83.9 cm³/mol. The molecule has 2 aromatic rings. The maximum atomic E-state index is 8.91. The Bertz CT molecular complexity index is 631. The topological polar surface area (TPSA) is 59.0 Å². The third-order valence-corrected chi connectivity index (χ3v) is 3.43. The average molecular weight is 280 g/mol. The Kier molecular flexibility index (Phi) is 5.36. The van der Waals surface area contributed by atoms with Crippen molar-refractivity contribution in [2.45, 2.75) is 32.4 Å². The summed E-state index contributed by atoms with van der Waals surface area (Å²) in [6.45, 7) is 2.54. The van der Waals surface area contributed by atoms with Gasteiger partial charge in [0.05, 0.1) is 11.6 Å². The Balaban J connectivity index is 2.07. The number of rotatable bonds is 6. The van der Waals surface area contributed by atoms with Gasteiger partial charge >= 0.3 is 0 Å². The Morgan fingerprint density at radius 2 is 2.00 bits per heavy atom. The molecule has 0 aliphatic heterocycles. The van der Waals surface area contributed by atoms with Crippen molar-refractivity contribution in [1.29, 1.82) is 5.26 Å². The Hall–Kier alpha value is -2.31. The first-order valence-electron chi connectivity index (χ1n) is 7.18. The highest BCUT2D eigenvalue weighted by molar-refractivity contribution is 5.35. The van der Waals surface area contributed by atoms with E-state index in [1.165, 1.54) is 0 Å². The van der Waals surface area contributed by atoms with Gasteiger partial charge in [0.2, 0.25) is 0 Å². The second kappa shape index (κ2) is 7.47. The van der Waals surface area contributed by atoms with Crippen molar-refractivity contribution in [2.24, 2.45) is 5.73 Å². The molecular weight excluding hydrogens is 260 g/mol. The molecular formula is C18H20N2O. The molecule has 0 radical (unpaired) electrons. The summed E-state index contributed by atoms with van der Waals surface area (Å²) in [5.74, 6) is 0.865. The molecule has 0 aromatic heterocycles. The van der Waals surface area contributed by atoms with Gasteiger partial charge in [-0.25, -0.2) is 0 Å². The van der Waals surface area contributed by atoms with Crippen LogP contribution in [0.15, 0.2) is 48.5 Å². The van der Waals surface area contributed by atoms with Crippen LogP contribution in [-0.2, 0) is 13.0 Å². The van der Waals surface area contributed by atoms with Crippen LogP contribution in [0.2, 0.25) is 0 Å². The molecule has 0 saturated heterocycles. The SMILES string of the molecule is CCC(N)Cc1ccccc1OCc1cccc(C#N)c1. The number of nitrogens with zero attached hydrogens (tertiary/aromatic N) is 1. The van der Waals surface area contributed by atoms with Crippen molar-refractivity contribution in [3.8, 4) is 11.8 Å². The Morgan fingerprint density at radius 3 is 2.76 bits per heavy atom. The van der Waals surface area contributed by atoms with Gasteiger partial charge in [-0.3, -0.25) is 0 Å². The van der Waals surface area contributed by atoms with Crippen LogP contribution in [0.5, 0.6) is 5.75 Å². The van der Waals surface area contributed by atoms with Crippen molar-refractivity contribution in [2.75, 3.05) is 0 Å². The van der Waals surface area contributed by atoms with E-state index in [1.807, 2.05) is 36.4 Å². The molecule has 2 rings (SSSR count). The van der Waals surface area contributed by atoms with Gasteiger partial charge in [-0.2, -0.15) is 5.26 Å². The van der Waals surface area contributed by atoms with Gasteiger partial charge in [-0.15, -0.1) is 0 Å². The van der Waals surface area contributed by atoms with Crippen molar-refractivity contribution >= 4 is 0 Å². The van der Waals surface area contributed by atoms with E-state index in [0.717, 1.165) is 29.7 Å². The molecule has 1 atom stereocenters. The molecule has 0 fully saturated rings. The zero-order valence-corrected chi connectivity index (χ0v) is 12.3. The molecule has 108 valence electrons. The molecule has 0 saturated carbocycles. The van der Waals surface area contributed by atoms with Crippen LogP contribution in [0.25, 0.3) is 0 Å². The van der Waals surface area contributed by atoms with Gasteiger partial charge in [0.25, 0.3) is 0 Å². The van der Waals surface area contributed by atoms with Gasteiger partial charge in [0.15, 0.2) is 0 Å². The van der Waals surface area contributed by atoms with Gasteiger partial charge in [-0.05, 0) is 42.2 Å². The second-order valence-corrected chi connectivity index (χ2v) is 5.08. The lowest BCUT2D eigenvalue weighted by Gasteiger charge is -2.14. The maximum absolute atomic E-state index is 8.91. The van der Waals surface area contributed by atoms with Crippen molar-refractivity contribution in [1.82, 2.24) is 0 Å². The number of ether oxygens (including phenoxy) is 1. The van der Waals surface area contributed by atoms with Gasteiger partial charge in [0.1, 0.15) is 12.4 Å². The molecule has 0 aliphatic carbocycles. The highest BCUT2D eigenvalue weighted by Gasteiger charge is 2.07. The van der Waals surface area contributed by atoms with E-state index in [0.29, 0.717) is 12.2 Å². The summed E-state index contributed by atoms with van der Waals surface area (Å²) >= 11 is 0. The molecule has 21 heavy (non-hydrogen) atoms. The minimum atomic E-state index is 0.150. The standard InChI is InChI=1S/C18H20N2O/c1-2-17(20)11-16-8-3-4-9-18(16)21-13-15-7-5-6-14(10-15)12-19/h3-10,17H,2,11,13,20H2,1H3.